The number of hydrogen-bond acceptors (Lipinski definition) is 7. The summed E-state index contributed by atoms with van der Waals surface area (Å²) in [6.45, 7) is 1.21. The first-order valence-electron chi connectivity index (χ1n) is 6.59. The number of non-ortho nitro benzene ring substituents is 1. The van der Waals surface area contributed by atoms with Gasteiger partial charge in [-0.15, -0.1) is 0 Å². The zero-order valence-electron chi connectivity index (χ0n) is 12.1. The molecule has 24 heavy (non-hydrogen) atoms. The number of rotatable bonds is 3. The minimum absolute atomic E-state index is 0.0660. The number of carbonyl (C=O) groups excluding carboxylic acids is 1. The number of carbonyl (C=O) groups is 1. The molecule has 10 nitrogen and oxygen atoms in total. The maximum absolute atomic E-state index is 11.2. The van der Waals surface area contributed by atoms with E-state index in [9.17, 15) is 25.0 Å². The first-order chi connectivity index (χ1) is 11.3. The molecule has 2 aromatic carbocycles. The van der Waals surface area contributed by atoms with Gasteiger partial charge in [0.2, 0.25) is 5.91 Å². The Bertz CT molecular complexity index is 894. The first kappa shape index (κ1) is 15.2. The molecule has 0 bridgehead atoms. The average molecular weight is 331 g/mol. The van der Waals surface area contributed by atoms with Gasteiger partial charge in [0.1, 0.15) is 5.69 Å². The van der Waals surface area contributed by atoms with Crippen LogP contribution in [0, 0.1) is 20.2 Å². The maximum Gasteiger partial charge on any atom is 0.296 e. The number of nitro groups is 2. The van der Waals surface area contributed by atoms with Gasteiger partial charge in [-0.3, -0.25) is 25.0 Å². The van der Waals surface area contributed by atoms with Crippen molar-refractivity contribution >= 4 is 23.0 Å². The second-order valence-corrected chi connectivity index (χ2v) is 4.85. The van der Waals surface area contributed by atoms with E-state index in [2.05, 4.69) is 5.32 Å². The Morgan fingerprint density at radius 2 is 1.58 bits per heavy atom. The van der Waals surface area contributed by atoms with Gasteiger partial charge in [-0.1, -0.05) is 0 Å². The van der Waals surface area contributed by atoms with E-state index in [-0.39, 0.29) is 40.1 Å². The zero-order valence-corrected chi connectivity index (χ0v) is 12.1. The molecule has 0 atom stereocenters. The molecule has 0 aromatic heterocycles. The van der Waals surface area contributed by atoms with E-state index < -0.39 is 15.8 Å². The van der Waals surface area contributed by atoms with Crippen molar-refractivity contribution < 1.29 is 24.1 Å². The van der Waals surface area contributed by atoms with Gasteiger partial charge < -0.3 is 14.8 Å². The third kappa shape index (κ3) is 2.67. The summed E-state index contributed by atoms with van der Waals surface area (Å²) >= 11 is 0. The van der Waals surface area contributed by atoms with Crippen molar-refractivity contribution in [3.8, 4) is 23.0 Å². The Morgan fingerprint density at radius 1 is 0.958 bits per heavy atom. The van der Waals surface area contributed by atoms with E-state index in [4.69, 9.17) is 9.47 Å². The van der Waals surface area contributed by atoms with Crippen molar-refractivity contribution in [2.45, 2.75) is 6.92 Å². The third-order valence-corrected chi connectivity index (χ3v) is 3.15. The lowest BCUT2D eigenvalue weighted by Crippen LogP contribution is -2.09. The predicted molar refractivity (Wildman–Crippen MR) is 80.6 cm³/mol. The molecule has 0 spiro atoms. The number of ether oxygens (including phenoxy) is 2. The Balaban J connectivity index is 2.06. The van der Waals surface area contributed by atoms with Crippen molar-refractivity contribution in [2.75, 3.05) is 5.32 Å². The first-order valence-corrected chi connectivity index (χ1v) is 6.59. The summed E-state index contributed by atoms with van der Waals surface area (Å²) in [7, 11) is 0. The molecule has 1 aliphatic heterocycles. The summed E-state index contributed by atoms with van der Waals surface area (Å²) in [4.78, 5) is 31.9. The van der Waals surface area contributed by atoms with Gasteiger partial charge >= 0.3 is 0 Å². The second-order valence-electron chi connectivity index (χ2n) is 4.85. The van der Waals surface area contributed by atoms with Crippen molar-refractivity contribution in [1.29, 1.82) is 0 Å². The molecule has 1 heterocycles. The minimum atomic E-state index is -0.666. The summed E-state index contributed by atoms with van der Waals surface area (Å²) in [5.41, 5.74) is -0.619. The van der Waals surface area contributed by atoms with Crippen LogP contribution in [-0.2, 0) is 4.79 Å². The van der Waals surface area contributed by atoms with E-state index in [1.54, 1.807) is 0 Å². The molecule has 10 heteroatoms. The Labute approximate surface area is 133 Å². The fourth-order valence-electron chi connectivity index (χ4n) is 2.16. The van der Waals surface area contributed by atoms with Gasteiger partial charge in [0, 0.05) is 19.1 Å². The van der Waals surface area contributed by atoms with Gasteiger partial charge in [-0.2, -0.15) is 0 Å². The molecule has 1 N–H and O–H groups in total. The molecule has 0 saturated carbocycles. The van der Waals surface area contributed by atoms with E-state index >= 15 is 0 Å². The summed E-state index contributed by atoms with van der Waals surface area (Å²) in [6.07, 6.45) is 0. The van der Waals surface area contributed by atoms with E-state index in [1.807, 2.05) is 0 Å². The molecule has 0 radical (unpaired) electrons. The second kappa shape index (κ2) is 5.50. The Kier molecular flexibility index (Phi) is 3.49. The largest absolute Gasteiger partial charge is 0.449 e. The van der Waals surface area contributed by atoms with Crippen molar-refractivity contribution in [2.24, 2.45) is 0 Å². The van der Waals surface area contributed by atoms with Crippen LogP contribution >= 0.6 is 0 Å². The van der Waals surface area contributed by atoms with Gasteiger partial charge in [0.25, 0.3) is 11.4 Å². The van der Waals surface area contributed by atoms with Crippen LogP contribution < -0.4 is 14.8 Å². The maximum atomic E-state index is 11.2. The van der Waals surface area contributed by atoms with Gasteiger partial charge in [0.15, 0.2) is 23.0 Å². The van der Waals surface area contributed by atoms with Gasteiger partial charge in [-0.05, 0) is 6.07 Å². The number of benzene rings is 2. The number of anilines is 1. The van der Waals surface area contributed by atoms with Crippen LogP contribution in [0.15, 0.2) is 30.3 Å². The number of fused-ring (bicyclic) bond motifs is 2. The molecule has 122 valence electrons. The lowest BCUT2D eigenvalue weighted by atomic mass is 10.2. The standard InChI is InChI=1S/C14H9N3O7/c1-7(18)15-9-5-13-14(6-10(9)17(21)22)23-11-3-2-8(16(19)20)4-12(11)24-13/h2-6H,1H3,(H,15,18). The average Bonchev–Trinajstić information content (AvgIpc) is 2.50. The number of amides is 1. The van der Waals surface area contributed by atoms with Crippen LogP contribution in [0.4, 0.5) is 17.1 Å². The van der Waals surface area contributed by atoms with Crippen LogP contribution in [0.2, 0.25) is 0 Å². The highest BCUT2D eigenvalue weighted by atomic mass is 16.6. The molecule has 1 amide bonds. The van der Waals surface area contributed by atoms with Crippen LogP contribution in [-0.4, -0.2) is 15.8 Å². The number of hydrogen-bond donors (Lipinski definition) is 1. The molecular weight excluding hydrogens is 322 g/mol. The number of nitrogens with zero attached hydrogens (tertiary/aromatic N) is 2. The third-order valence-electron chi connectivity index (χ3n) is 3.15. The highest BCUT2D eigenvalue weighted by molar-refractivity contribution is 5.92. The zero-order chi connectivity index (χ0) is 17.4. The summed E-state index contributed by atoms with van der Waals surface area (Å²) in [5, 5.41) is 24.3. The molecule has 3 rings (SSSR count). The van der Waals surface area contributed by atoms with E-state index in [1.165, 1.54) is 31.2 Å². The minimum Gasteiger partial charge on any atom is -0.449 e. The predicted octanol–water partition coefficient (Wildman–Crippen LogP) is 3.36. The van der Waals surface area contributed by atoms with Crippen molar-refractivity contribution in [3.05, 3.63) is 50.6 Å². The fourth-order valence-corrected chi connectivity index (χ4v) is 2.16. The molecular formula is C14H9N3O7. The molecule has 1 aliphatic rings. The van der Waals surface area contributed by atoms with Crippen molar-refractivity contribution in [1.82, 2.24) is 0 Å². The van der Waals surface area contributed by atoms with Gasteiger partial charge in [-0.25, -0.2) is 0 Å². The summed E-state index contributed by atoms with van der Waals surface area (Å²) in [6, 6.07) is 6.09. The SMILES string of the molecule is CC(=O)Nc1cc2c(cc1[N+](=O)[O-])Oc1ccc([N+](=O)[O-])cc1O2. The van der Waals surface area contributed by atoms with Gasteiger partial charge in [0.05, 0.1) is 22.0 Å². The number of nitro benzene ring substituents is 2. The lowest BCUT2D eigenvalue weighted by molar-refractivity contribution is -0.385. The number of nitrogens with one attached hydrogen (secondary N) is 1. The lowest BCUT2D eigenvalue weighted by Gasteiger charge is -2.20. The fraction of sp³-hybridized carbons (Fsp3) is 0.0714. The van der Waals surface area contributed by atoms with Crippen LogP contribution in [0.25, 0.3) is 0 Å². The quantitative estimate of drug-likeness (QED) is 0.574. The molecule has 0 aliphatic carbocycles. The van der Waals surface area contributed by atoms with Crippen molar-refractivity contribution in [3.63, 3.8) is 0 Å². The Morgan fingerprint density at radius 3 is 2.21 bits per heavy atom. The monoisotopic (exact) mass is 331 g/mol. The normalized spacial score (nSPS) is 11.4. The molecule has 2 aromatic rings. The molecule has 0 unspecified atom stereocenters. The van der Waals surface area contributed by atoms with Crippen LogP contribution in [0.1, 0.15) is 6.92 Å². The summed E-state index contributed by atoms with van der Waals surface area (Å²) in [5.74, 6) is -0.0469. The summed E-state index contributed by atoms with van der Waals surface area (Å²) < 4.78 is 11.0. The van der Waals surface area contributed by atoms with Crippen LogP contribution in [0.5, 0.6) is 23.0 Å². The molecule has 0 fully saturated rings. The van der Waals surface area contributed by atoms with E-state index in [0.29, 0.717) is 0 Å². The van der Waals surface area contributed by atoms with Crippen LogP contribution in [0.3, 0.4) is 0 Å². The highest BCUT2D eigenvalue weighted by Crippen LogP contribution is 2.49. The Hall–Kier alpha value is -3.69. The van der Waals surface area contributed by atoms with E-state index in [0.717, 1.165) is 6.07 Å². The highest BCUT2D eigenvalue weighted by Gasteiger charge is 2.27. The smallest absolute Gasteiger partial charge is 0.296 e. The molecule has 0 saturated heterocycles. The topological polar surface area (TPSA) is 134 Å².